The Labute approximate surface area is 133 Å². The average Bonchev–Trinajstić information content (AvgIpc) is 2.91. The number of ether oxygens (including phenoxy) is 2. The van der Waals surface area contributed by atoms with Crippen LogP contribution in [-0.4, -0.2) is 31.3 Å². The van der Waals surface area contributed by atoms with E-state index in [1.54, 1.807) is 0 Å². The molecular weight excluding hydrogens is 294 g/mol. The standard InChI is InChI=1S/C18H15NO4/c20-17-16(10-22-17)19-18(21)23-9-15-13-7-3-1-5-11(13)12-6-2-4-8-14(12)15/h1-8,15-16H,9-10H2,(H,19,21)/t16-/m0/s1. The molecule has 1 atom stereocenters. The third-order valence-corrected chi connectivity index (χ3v) is 4.31. The van der Waals surface area contributed by atoms with Crippen LogP contribution in [0.15, 0.2) is 48.5 Å². The van der Waals surface area contributed by atoms with Crippen molar-refractivity contribution < 1.29 is 19.1 Å². The van der Waals surface area contributed by atoms with E-state index in [4.69, 9.17) is 4.74 Å². The highest BCUT2D eigenvalue weighted by molar-refractivity contribution is 5.85. The molecule has 2 aromatic carbocycles. The van der Waals surface area contributed by atoms with Crippen LogP contribution in [0.1, 0.15) is 17.0 Å². The third kappa shape index (κ3) is 2.34. The predicted octanol–water partition coefficient (Wildman–Crippen LogP) is 2.45. The molecule has 0 radical (unpaired) electrons. The smallest absolute Gasteiger partial charge is 0.407 e. The minimum atomic E-state index is -0.589. The minimum absolute atomic E-state index is 0.0153. The summed E-state index contributed by atoms with van der Waals surface area (Å²) in [5, 5.41) is 2.50. The first kappa shape index (κ1) is 13.8. The van der Waals surface area contributed by atoms with E-state index in [1.165, 1.54) is 11.1 Å². The van der Waals surface area contributed by atoms with Crippen LogP contribution in [0.2, 0.25) is 0 Å². The number of hydrogen-bond donors (Lipinski definition) is 1. The first-order valence-corrected chi connectivity index (χ1v) is 7.52. The lowest BCUT2D eigenvalue weighted by Gasteiger charge is -2.25. The molecule has 1 aliphatic heterocycles. The molecule has 0 aromatic heterocycles. The number of benzene rings is 2. The quantitative estimate of drug-likeness (QED) is 0.885. The van der Waals surface area contributed by atoms with Crippen molar-refractivity contribution in [1.29, 1.82) is 0 Å². The molecule has 5 nitrogen and oxygen atoms in total. The highest BCUT2D eigenvalue weighted by Gasteiger charge is 2.33. The molecule has 0 bridgehead atoms. The number of alkyl carbamates (subject to hydrolysis) is 1. The lowest BCUT2D eigenvalue weighted by Crippen LogP contribution is -2.53. The molecule has 0 unspecified atom stereocenters. The van der Waals surface area contributed by atoms with Crippen LogP contribution in [-0.2, 0) is 14.3 Å². The van der Waals surface area contributed by atoms with Crippen molar-refractivity contribution in [2.45, 2.75) is 12.0 Å². The van der Waals surface area contributed by atoms with Gasteiger partial charge in [0.25, 0.3) is 0 Å². The fourth-order valence-corrected chi connectivity index (χ4v) is 3.12. The Morgan fingerprint density at radius 1 is 1.09 bits per heavy atom. The van der Waals surface area contributed by atoms with Gasteiger partial charge in [-0.3, -0.25) is 0 Å². The number of esters is 1. The van der Waals surface area contributed by atoms with Crippen LogP contribution in [0.25, 0.3) is 11.1 Å². The molecule has 2 aliphatic rings. The molecule has 1 amide bonds. The maximum Gasteiger partial charge on any atom is 0.407 e. The van der Waals surface area contributed by atoms with E-state index in [-0.39, 0.29) is 19.1 Å². The van der Waals surface area contributed by atoms with Crippen molar-refractivity contribution in [2.75, 3.05) is 13.2 Å². The average molecular weight is 309 g/mol. The summed E-state index contributed by atoms with van der Waals surface area (Å²) in [4.78, 5) is 22.9. The lowest BCUT2D eigenvalue weighted by molar-refractivity contribution is -0.162. The van der Waals surface area contributed by atoms with Crippen LogP contribution >= 0.6 is 0 Å². The zero-order chi connectivity index (χ0) is 15.8. The topological polar surface area (TPSA) is 64.6 Å². The number of hydrogen-bond acceptors (Lipinski definition) is 4. The highest BCUT2D eigenvalue weighted by Crippen LogP contribution is 2.44. The molecule has 0 spiro atoms. The molecule has 1 fully saturated rings. The van der Waals surface area contributed by atoms with E-state index < -0.39 is 18.1 Å². The SMILES string of the molecule is O=C(N[C@H]1COC1=O)OCC1c2ccccc2-c2ccccc21. The Hall–Kier alpha value is -2.82. The van der Waals surface area contributed by atoms with Crippen LogP contribution in [0.4, 0.5) is 4.79 Å². The molecule has 2 aromatic rings. The molecule has 1 heterocycles. The summed E-state index contributed by atoms with van der Waals surface area (Å²) in [6.45, 7) is 0.449. The van der Waals surface area contributed by atoms with Crippen LogP contribution in [0.3, 0.4) is 0 Å². The normalized spacial score (nSPS) is 18.4. The van der Waals surface area contributed by atoms with Gasteiger partial charge in [-0.2, -0.15) is 0 Å². The van der Waals surface area contributed by atoms with Gasteiger partial charge in [-0.05, 0) is 22.3 Å². The van der Waals surface area contributed by atoms with Gasteiger partial charge in [0.2, 0.25) is 0 Å². The molecule has 116 valence electrons. The van der Waals surface area contributed by atoms with E-state index >= 15 is 0 Å². The summed E-state index contributed by atoms with van der Waals surface area (Å²) >= 11 is 0. The van der Waals surface area contributed by atoms with E-state index in [0.717, 1.165) is 11.1 Å². The molecule has 5 heteroatoms. The Morgan fingerprint density at radius 2 is 1.70 bits per heavy atom. The van der Waals surface area contributed by atoms with E-state index in [1.807, 2.05) is 24.3 Å². The molecule has 23 heavy (non-hydrogen) atoms. The Bertz CT molecular complexity index is 741. The molecule has 1 saturated heterocycles. The van der Waals surface area contributed by atoms with Crippen LogP contribution in [0, 0.1) is 0 Å². The Morgan fingerprint density at radius 3 is 2.22 bits per heavy atom. The second-order valence-corrected chi connectivity index (χ2v) is 5.65. The summed E-state index contributed by atoms with van der Waals surface area (Å²) in [5.74, 6) is -0.403. The van der Waals surface area contributed by atoms with Gasteiger partial charge in [-0.15, -0.1) is 0 Å². The maximum absolute atomic E-state index is 11.8. The maximum atomic E-state index is 11.8. The van der Waals surface area contributed by atoms with Crippen LogP contribution < -0.4 is 5.32 Å². The van der Waals surface area contributed by atoms with Crippen molar-refractivity contribution in [3.8, 4) is 11.1 Å². The highest BCUT2D eigenvalue weighted by atomic mass is 16.6. The summed E-state index contributed by atoms with van der Waals surface area (Å²) < 4.78 is 9.94. The van der Waals surface area contributed by atoms with Gasteiger partial charge < -0.3 is 14.8 Å². The van der Waals surface area contributed by atoms with E-state index in [0.29, 0.717) is 0 Å². The number of amides is 1. The fourth-order valence-electron chi connectivity index (χ4n) is 3.12. The summed E-state index contributed by atoms with van der Waals surface area (Å²) in [6.07, 6.45) is -0.589. The monoisotopic (exact) mass is 309 g/mol. The summed E-state index contributed by atoms with van der Waals surface area (Å²) in [6, 6.07) is 15.7. The van der Waals surface area contributed by atoms with Gasteiger partial charge in [0.15, 0.2) is 6.04 Å². The summed E-state index contributed by atoms with van der Waals surface area (Å²) in [7, 11) is 0. The third-order valence-electron chi connectivity index (χ3n) is 4.31. The van der Waals surface area contributed by atoms with Crippen molar-refractivity contribution in [1.82, 2.24) is 5.32 Å². The lowest BCUT2D eigenvalue weighted by atomic mass is 9.98. The largest absolute Gasteiger partial charge is 0.461 e. The second-order valence-electron chi connectivity index (χ2n) is 5.65. The fraction of sp³-hybridized carbons (Fsp3) is 0.222. The van der Waals surface area contributed by atoms with Crippen molar-refractivity contribution in [3.63, 3.8) is 0 Å². The van der Waals surface area contributed by atoms with E-state index in [2.05, 4.69) is 34.3 Å². The molecule has 0 saturated carbocycles. The summed E-state index contributed by atoms with van der Waals surface area (Å²) in [5.41, 5.74) is 4.67. The number of carbonyl (C=O) groups is 2. The molecule has 4 rings (SSSR count). The number of cyclic esters (lactones) is 1. The Balaban J connectivity index is 1.50. The molecule has 1 N–H and O–H groups in total. The number of nitrogens with one attached hydrogen (secondary N) is 1. The molecule has 1 aliphatic carbocycles. The zero-order valence-electron chi connectivity index (χ0n) is 12.3. The van der Waals surface area contributed by atoms with Crippen molar-refractivity contribution in [2.24, 2.45) is 0 Å². The minimum Gasteiger partial charge on any atom is -0.461 e. The van der Waals surface area contributed by atoms with Crippen molar-refractivity contribution >= 4 is 12.1 Å². The second kappa shape index (κ2) is 5.43. The van der Waals surface area contributed by atoms with Crippen molar-refractivity contribution in [3.05, 3.63) is 59.7 Å². The van der Waals surface area contributed by atoms with Gasteiger partial charge >= 0.3 is 12.1 Å². The van der Waals surface area contributed by atoms with Gasteiger partial charge in [0, 0.05) is 5.92 Å². The van der Waals surface area contributed by atoms with Gasteiger partial charge in [0.05, 0.1) is 0 Å². The van der Waals surface area contributed by atoms with E-state index in [9.17, 15) is 9.59 Å². The Kier molecular flexibility index (Phi) is 3.26. The van der Waals surface area contributed by atoms with Crippen LogP contribution in [0.5, 0.6) is 0 Å². The number of carbonyl (C=O) groups excluding carboxylic acids is 2. The first-order valence-electron chi connectivity index (χ1n) is 7.52. The molecular formula is C18H15NO4. The first-order chi connectivity index (χ1) is 11.2. The number of rotatable bonds is 3. The van der Waals surface area contributed by atoms with Gasteiger partial charge in [0.1, 0.15) is 13.2 Å². The zero-order valence-corrected chi connectivity index (χ0v) is 12.3. The predicted molar refractivity (Wildman–Crippen MR) is 83.0 cm³/mol. The van der Waals surface area contributed by atoms with Gasteiger partial charge in [-0.25, -0.2) is 9.59 Å². The number of fused-ring (bicyclic) bond motifs is 3. The van der Waals surface area contributed by atoms with Gasteiger partial charge in [-0.1, -0.05) is 48.5 Å².